The van der Waals surface area contributed by atoms with Crippen LogP contribution >= 0.6 is 15.9 Å². The number of hydrogen-bond donors (Lipinski definition) is 1. The van der Waals surface area contributed by atoms with Crippen LogP contribution in [-0.4, -0.2) is 31.5 Å². The Kier molecular flexibility index (Phi) is 4.08. The van der Waals surface area contributed by atoms with Crippen molar-refractivity contribution in [2.45, 2.75) is 6.18 Å². The number of aliphatic hydroxyl groups excluding tert-OH is 1. The lowest BCUT2D eigenvalue weighted by molar-refractivity contribution is -0.153. The lowest BCUT2D eigenvalue weighted by atomic mass is 9.88. The number of hydrogen-bond acceptors (Lipinski definition) is 3. The maximum absolute atomic E-state index is 12.7. The van der Waals surface area contributed by atoms with Gasteiger partial charge in [-0.15, -0.1) is 0 Å². The first-order chi connectivity index (χ1) is 8.86. The van der Waals surface area contributed by atoms with Crippen molar-refractivity contribution in [3.8, 4) is 5.75 Å². The van der Waals surface area contributed by atoms with Crippen molar-refractivity contribution in [1.29, 1.82) is 0 Å². The normalized spacial score (nSPS) is 17.9. The fourth-order valence-corrected chi connectivity index (χ4v) is 2.13. The number of ether oxygens (including phenoxy) is 2. The molecule has 1 aliphatic rings. The lowest BCUT2D eigenvalue weighted by Crippen LogP contribution is -2.49. The topological polar surface area (TPSA) is 38.7 Å². The van der Waals surface area contributed by atoms with E-state index < -0.39 is 17.2 Å². The Morgan fingerprint density at radius 2 is 2.05 bits per heavy atom. The van der Waals surface area contributed by atoms with Crippen molar-refractivity contribution in [2.24, 2.45) is 5.41 Å². The van der Waals surface area contributed by atoms with E-state index in [0.29, 0.717) is 13.2 Å². The van der Waals surface area contributed by atoms with Crippen LogP contribution in [0.15, 0.2) is 22.7 Å². The summed E-state index contributed by atoms with van der Waals surface area (Å²) in [7, 11) is 0. The summed E-state index contributed by atoms with van der Waals surface area (Å²) in [6, 6.07) is 3.68. The van der Waals surface area contributed by atoms with Crippen LogP contribution in [0.4, 0.5) is 13.2 Å². The first kappa shape index (κ1) is 14.6. The molecule has 0 aliphatic carbocycles. The van der Waals surface area contributed by atoms with Gasteiger partial charge in [-0.05, 0) is 18.2 Å². The van der Waals surface area contributed by atoms with Crippen LogP contribution in [0, 0.1) is 5.41 Å². The first-order valence-electron chi connectivity index (χ1n) is 5.54. The maximum atomic E-state index is 12.7. The van der Waals surface area contributed by atoms with Gasteiger partial charge in [0, 0.05) is 4.47 Å². The molecule has 1 fully saturated rings. The average Bonchev–Trinajstić information content (AvgIpc) is 2.28. The Morgan fingerprint density at radius 3 is 2.53 bits per heavy atom. The zero-order valence-electron chi connectivity index (χ0n) is 9.84. The van der Waals surface area contributed by atoms with E-state index in [0.717, 1.165) is 6.07 Å². The number of aliphatic hydroxyl groups is 1. The molecule has 7 heteroatoms. The summed E-state index contributed by atoms with van der Waals surface area (Å²) in [6.07, 6.45) is -4.44. The van der Waals surface area contributed by atoms with Crippen LogP contribution in [0.25, 0.3) is 0 Å². The molecule has 2 rings (SSSR count). The molecule has 3 nitrogen and oxygen atoms in total. The fourth-order valence-electron chi connectivity index (χ4n) is 1.66. The van der Waals surface area contributed by atoms with Crippen molar-refractivity contribution in [2.75, 3.05) is 26.4 Å². The van der Waals surface area contributed by atoms with E-state index >= 15 is 0 Å². The van der Waals surface area contributed by atoms with Gasteiger partial charge in [0.1, 0.15) is 12.4 Å². The Morgan fingerprint density at radius 1 is 1.37 bits per heavy atom. The second-order valence-corrected chi connectivity index (χ2v) is 5.43. The van der Waals surface area contributed by atoms with Crippen LogP contribution in [0.3, 0.4) is 0 Å². The minimum absolute atomic E-state index is 0.0313. The second-order valence-electron chi connectivity index (χ2n) is 4.58. The first-order valence-corrected chi connectivity index (χ1v) is 6.34. The summed E-state index contributed by atoms with van der Waals surface area (Å²) in [5, 5.41) is 9.20. The van der Waals surface area contributed by atoms with Crippen LogP contribution < -0.4 is 4.74 Å². The standard InChI is InChI=1S/C12H12BrF3O3/c13-10-2-1-8(3-9(10)12(14,15)16)19-7-11(4-17)5-18-6-11/h1-3,17H,4-7H2. The number of halogens is 4. The SMILES string of the molecule is OCC1(COc2ccc(Br)c(C(F)(F)F)c2)COC1. The summed E-state index contributed by atoms with van der Waals surface area (Å²) in [6.45, 7) is 0.719. The molecule has 0 bridgehead atoms. The Bertz CT molecular complexity index is 453. The minimum atomic E-state index is -4.44. The van der Waals surface area contributed by atoms with E-state index in [1.807, 2.05) is 0 Å². The van der Waals surface area contributed by atoms with Crippen molar-refractivity contribution in [1.82, 2.24) is 0 Å². The third-order valence-electron chi connectivity index (χ3n) is 2.94. The van der Waals surface area contributed by atoms with Crippen molar-refractivity contribution in [3.05, 3.63) is 28.2 Å². The highest BCUT2D eigenvalue weighted by molar-refractivity contribution is 9.10. The Balaban J connectivity index is 2.09. The lowest BCUT2D eigenvalue weighted by Gasteiger charge is -2.39. The third kappa shape index (κ3) is 3.21. The highest BCUT2D eigenvalue weighted by atomic mass is 79.9. The molecule has 0 amide bonds. The number of alkyl halides is 3. The summed E-state index contributed by atoms with van der Waals surface area (Å²) < 4.78 is 48.4. The predicted molar refractivity (Wildman–Crippen MR) is 65.0 cm³/mol. The molecule has 106 valence electrons. The van der Waals surface area contributed by atoms with Gasteiger partial charge in [0.2, 0.25) is 0 Å². The molecule has 1 aliphatic heterocycles. The van der Waals surface area contributed by atoms with Crippen LogP contribution in [-0.2, 0) is 10.9 Å². The highest BCUT2D eigenvalue weighted by Gasteiger charge is 2.39. The van der Waals surface area contributed by atoms with Crippen LogP contribution in [0.5, 0.6) is 5.75 Å². The van der Waals surface area contributed by atoms with E-state index in [1.165, 1.54) is 12.1 Å². The smallest absolute Gasteiger partial charge is 0.417 e. The van der Waals surface area contributed by atoms with E-state index in [1.54, 1.807) is 0 Å². The van der Waals surface area contributed by atoms with Gasteiger partial charge in [-0.1, -0.05) is 15.9 Å². The molecule has 0 aromatic heterocycles. The predicted octanol–water partition coefficient (Wildman–Crippen LogP) is 2.86. The summed E-state index contributed by atoms with van der Waals surface area (Å²) >= 11 is 2.86. The summed E-state index contributed by atoms with van der Waals surface area (Å²) in [4.78, 5) is 0. The highest BCUT2D eigenvalue weighted by Crippen LogP contribution is 2.37. The van der Waals surface area contributed by atoms with Gasteiger partial charge < -0.3 is 14.6 Å². The monoisotopic (exact) mass is 340 g/mol. The zero-order valence-corrected chi connectivity index (χ0v) is 11.4. The molecule has 1 aromatic rings. The van der Waals surface area contributed by atoms with Gasteiger partial charge in [-0.3, -0.25) is 0 Å². The molecule has 0 unspecified atom stereocenters. The van der Waals surface area contributed by atoms with Crippen molar-refractivity contribution >= 4 is 15.9 Å². The molecule has 0 atom stereocenters. The van der Waals surface area contributed by atoms with Gasteiger partial charge in [-0.25, -0.2) is 0 Å². The van der Waals surface area contributed by atoms with Gasteiger partial charge in [0.15, 0.2) is 0 Å². The fraction of sp³-hybridized carbons (Fsp3) is 0.500. The third-order valence-corrected chi connectivity index (χ3v) is 3.63. The molecular weight excluding hydrogens is 329 g/mol. The maximum Gasteiger partial charge on any atom is 0.417 e. The summed E-state index contributed by atoms with van der Waals surface area (Å²) in [5.41, 5.74) is -1.28. The van der Waals surface area contributed by atoms with E-state index in [2.05, 4.69) is 15.9 Å². The number of benzene rings is 1. The van der Waals surface area contributed by atoms with Crippen LogP contribution in [0.2, 0.25) is 0 Å². The Labute approximate surface area is 116 Å². The van der Waals surface area contributed by atoms with Crippen molar-refractivity contribution in [3.63, 3.8) is 0 Å². The van der Waals surface area contributed by atoms with E-state index in [4.69, 9.17) is 9.47 Å². The molecular formula is C12H12BrF3O3. The van der Waals surface area contributed by atoms with Gasteiger partial charge in [0.05, 0.1) is 30.8 Å². The quantitative estimate of drug-likeness (QED) is 0.915. The summed E-state index contributed by atoms with van der Waals surface area (Å²) in [5.74, 6) is 0.121. The molecule has 1 saturated heterocycles. The Hall–Kier alpha value is -0.790. The largest absolute Gasteiger partial charge is 0.493 e. The van der Waals surface area contributed by atoms with Gasteiger partial charge >= 0.3 is 6.18 Å². The van der Waals surface area contributed by atoms with Gasteiger partial charge in [0.25, 0.3) is 0 Å². The molecule has 0 spiro atoms. The molecule has 1 heterocycles. The van der Waals surface area contributed by atoms with E-state index in [-0.39, 0.29) is 23.4 Å². The zero-order chi connectivity index (χ0) is 14.1. The average molecular weight is 341 g/mol. The molecule has 0 radical (unpaired) electrons. The minimum Gasteiger partial charge on any atom is -0.493 e. The van der Waals surface area contributed by atoms with E-state index in [9.17, 15) is 18.3 Å². The van der Waals surface area contributed by atoms with Gasteiger partial charge in [-0.2, -0.15) is 13.2 Å². The molecule has 1 N–H and O–H groups in total. The molecule has 1 aromatic carbocycles. The van der Waals surface area contributed by atoms with Crippen LogP contribution in [0.1, 0.15) is 5.56 Å². The number of rotatable bonds is 4. The second kappa shape index (κ2) is 5.30. The van der Waals surface area contributed by atoms with Crippen molar-refractivity contribution < 1.29 is 27.8 Å². The molecule has 19 heavy (non-hydrogen) atoms. The molecule has 0 saturated carbocycles.